The summed E-state index contributed by atoms with van der Waals surface area (Å²) in [6.07, 6.45) is 3.01. The molecule has 1 rings (SSSR count). The maximum absolute atomic E-state index is 11.7. The largest absolute Gasteiger partial charge is 0.298 e. The summed E-state index contributed by atoms with van der Waals surface area (Å²) in [6, 6.07) is 3.74. The van der Waals surface area contributed by atoms with E-state index in [1.54, 1.807) is 0 Å². The smallest absolute Gasteiger partial charge is 0.163 e. The van der Waals surface area contributed by atoms with Gasteiger partial charge in [-0.05, 0) is 36.1 Å². The maximum Gasteiger partial charge on any atom is 0.163 e. The van der Waals surface area contributed by atoms with E-state index in [1.165, 1.54) is 5.56 Å². The van der Waals surface area contributed by atoms with Crippen LogP contribution >= 0.6 is 0 Å². The van der Waals surface area contributed by atoms with E-state index in [-0.39, 0.29) is 5.78 Å². The van der Waals surface area contributed by atoms with Crippen molar-refractivity contribution in [3.63, 3.8) is 0 Å². The Labute approximate surface area is 96.7 Å². The highest BCUT2D eigenvalue weighted by Crippen LogP contribution is 2.19. The van der Waals surface area contributed by atoms with Crippen LogP contribution in [0, 0.1) is 0 Å². The van der Waals surface area contributed by atoms with Gasteiger partial charge in [0.15, 0.2) is 12.1 Å². The highest BCUT2D eigenvalue weighted by molar-refractivity contribution is 6.03. The van der Waals surface area contributed by atoms with Crippen LogP contribution in [0.25, 0.3) is 0 Å². The number of carbonyl (C=O) groups is 2. The zero-order valence-corrected chi connectivity index (χ0v) is 10.2. The Morgan fingerprint density at radius 2 is 1.69 bits per heavy atom. The van der Waals surface area contributed by atoms with E-state index in [4.69, 9.17) is 0 Å². The Bertz CT molecular complexity index is 405. The minimum absolute atomic E-state index is 0.0412. The first-order chi connectivity index (χ1) is 7.67. The number of carbonyl (C=O) groups excluding carboxylic acids is 2. The molecule has 0 fully saturated rings. The van der Waals surface area contributed by atoms with Crippen LogP contribution in [0.5, 0.6) is 0 Å². The predicted molar refractivity (Wildman–Crippen MR) is 65.2 cm³/mol. The van der Waals surface area contributed by atoms with Gasteiger partial charge in [-0.3, -0.25) is 9.59 Å². The van der Waals surface area contributed by atoms with E-state index in [0.29, 0.717) is 17.5 Å². The van der Waals surface area contributed by atoms with E-state index in [9.17, 15) is 9.59 Å². The molecular formula is C14H18O2. The van der Waals surface area contributed by atoms with Crippen molar-refractivity contribution < 1.29 is 9.59 Å². The number of hydrogen-bond donors (Lipinski definition) is 0. The molecule has 2 heteroatoms. The summed E-state index contributed by atoms with van der Waals surface area (Å²) < 4.78 is 0. The second kappa shape index (κ2) is 5.59. The first kappa shape index (κ1) is 12.6. The number of aryl methyl sites for hydroxylation is 2. The zero-order valence-electron chi connectivity index (χ0n) is 10.2. The molecule has 0 N–H and O–H groups in total. The molecule has 0 amide bonds. The summed E-state index contributed by atoms with van der Waals surface area (Å²) in [7, 11) is 0. The highest BCUT2D eigenvalue weighted by atomic mass is 16.1. The van der Waals surface area contributed by atoms with Crippen molar-refractivity contribution in [2.24, 2.45) is 0 Å². The molecule has 1 aromatic carbocycles. The quantitative estimate of drug-likeness (QED) is 0.561. The second-order valence-electron chi connectivity index (χ2n) is 3.81. The van der Waals surface area contributed by atoms with Crippen molar-refractivity contribution in [3.05, 3.63) is 34.4 Å². The summed E-state index contributed by atoms with van der Waals surface area (Å²) in [6.45, 7) is 5.94. The molecule has 0 spiro atoms. The Kier molecular flexibility index (Phi) is 4.41. The van der Waals surface area contributed by atoms with Crippen molar-refractivity contribution in [2.45, 2.75) is 40.0 Å². The van der Waals surface area contributed by atoms with E-state index in [0.717, 1.165) is 24.7 Å². The van der Waals surface area contributed by atoms with Crippen LogP contribution in [-0.2, 0) is 12.8 Å². The van der Waals surface area contributed by atoms with Crippen molar-refractivity contribution in [3.8, 4) is 0 Å². The fraction of sp³-hybridized carbons (Fsp3) is 0.429. The minimum atomic E-state index is 0.0412. The van der Waals surface area contributed by atoms with Crippen LogP contribution in [0.3, 0.4) is 0 Å². The van der Waals surface area contributed by atoms with E-state index in [1.807, 2.05) is 19.1 Å². The Hall–Kier alpha value is -1.44. The van der Waals surface area contributed by atoms with Gasteiger partial charge in [-0.2, -0.15) is 0 Å². The molecule has 0 saturated heterocycles. The fourth-order valence-corrected chi connectivity index (χ4v) is 1.90. The van der Waals surface area contributed by atoms with Gasteiger partial charge in [0.1, 0.15) is 0 Å². The summed E-state index contributed by atoms with van der Waals surface area (Å²) >= 11 is 0. The normalized spacial score (nSPS) is 10.2. The minimum Gasteiger partial charge on any atom is -0.298 e. The molecule has 0 unspecified atom stereocenters. The molecule has 0 bridgehead atoms. The molecule has 16 heavy (non-hydrogen) atoms. The number of ketones is 1. The van der Waals surface area contributed by atoms with Crippen molar-refractivity contribution >= 4 is 12.1 Å². The first-order valence-electron chi connectivity index (χ1n) is 5.82. The van der Waals surface area contributed by atoms with Gasteiger partial charge >= 0.3 is 0 Å². The molecule has 0 heterocycles. The molecule has 0 saturated carbocycles. The van der Waals surface area contributed by atoms with Crippen LogP contribution in [-0.4, -0.2) is 12.1 Å². The van der Waals surface area contributed by atoms with Crippen LogP contribution in [0.1, 0.15) is 59.0 Å². The SMILES string of the molecule is CCC(=O)c1cc(CC)c(CC)cc1C=O. The standard InChI is InChI=1S/C14H18O2/c1-4-10-7-12(9-15)13(14(16)6-3)8-11(10)5-2/h7-9H,4-6H2,1-3H3. The topological polar surface area (TPSA) is 34.1 Å². The van der Waals surface area contributed by atoms with Crippen molar-refractivity contribution in [2.75, 3.05) is 0 Å². The summed E-state index contributed by atoms with van der Waals surface area (Å²) in [5.74, 6) is 0.0412. The van der Waals surface area contributed by atoms with Gasteiger partial charge in [0, 0.05) is 17.5 Å². The van der Waals surface area contributed by atoms with E-state index in [2.05, 4.69) is 13.8 Å². The number of benzene rings is 1. The van der Waals surface area contributed by atoms with Gasteiger partial charge in [-0.1, -0.05) is 20.8 Å². The molecule has 0 aromatic heterocycles. The third kappa shape index (κ3) is 2.38. The molecule has 86 valence electrons. The lowest BCUT2D eigenvalue weighted by molar-refractivity contribution is 0.0981. The van der Waals surface area contributed by atoms with Gasteiger partial charge in [0.25, 0.3) is 0 Å². The molecular weight excluding hydrogens is 200 g/mol. The average Bonchev–Trinajstić information content (AvgIpc) is 2.35. The summed E-state index contributed by atoms with van der Waals surface area (Å²) in [4.78, 5) is 22.7. The first-order valence-corrected chi connectivity index (χ1v) is 5.82. The molecule has 0 aliphatic heterocycles. The Morgan fingerprint density at radius 3 is 2.12 bits per heavy atom. The average molecular weight is 218 g/mol. The third-order valence-corrected chi connectivity index (χ3v) is 2.88. The molecule has 2 nitrogen and oxygen atoms in total. The third-order valence-electron chi connectivity index (χ3n) is 2.88. The predicted octanol–water partition coefficient (Wildman–Crippen LogP) is 3.22. The van der Waals surface area contributed by atoms with Gasteiger partial charge in [0.05, 0.1) is 0 Å². The van der Waals surface area contributed by atoms with Crippen LogP contribution < -0.4 is 0 Å². The molecule has 0 atom stereocenters. The second-order valence-corrected chi connectivity index (χ2v) is 3.81. The lowest BCUT2D eigenvalue weighted by Crippen LogP contribution is -2.05. The summed E-state index contributed by atoms with van der Waals surface area (Å²) in [5.41, 5.74) is 3.44. The van der Waals surface area contributed by atoms with Gasteiger partial charge in [0.2, 0.25) is 0 Å². The lowest BCUT2D eigenvalue weighted by atomic mass is 9.93. The van der Waals surface area contributed by atoms with Crippen molar-refractivity contribution in [1.29, 1.82) is 0 Å². The number of Topliss-reactive ketones (excluding diaryl/α,β-unsaturated/α-hetero) is 1. The van der Waals surface area contributed by atoms with E-state index >= 15 is 0 Å². The Morgan fingerprint density at radius 1 is 1.12 bits per heavy atom. The fourth-order valence-electron chi connectivity index (χ4n) is 1.90. The lowest BCUT2D eigenvalue weighted by Gasteiger charge is -2.10. The van der Waals surface area contributed by atoms with E-state index < -0.39 is 0 Å². The van der Waals surface area contributed by atoms with Crippen molar-refractivity contribution in [1.82, 2.24) is 0 Å². The maximum atomic E-state index is 11.7. The number of aldehydes is 1. The number of rotatable bonds is 5. The van der Waals surface area contributed by atoms with Crippen LogP contribution in [0.2, 0.25) is 0 Å². The molecule has 0 radical (unpaired) electrons. The molecule has 0 aliphatic carbocycles. The highest BCUT2D eigenvalue weighted by Gasteiger charge is 2.12. The molecule has 1 aromatic rings. The van der Waals surface area contributed by atoms with Gasteiger partial charge in [-0.25, -0.2) is 0 Å². The van der Waals surface area contributed by atoms with Gasteiger partial charge < -0.3 is 0 Å². The summed E-state index contributed by atoms with van der Waals surface area (Å²) in [5, 5.41) is 0. The Balaban J connectivity index is 3.37. The van der Waals surface area contributed by atoms with Crippen LogP contribution in [0.15, 0.2) is 12.1 Å². The van der Waals surface area contributed by atoms with Crippen LogP contribution in [0.4, 0.5) is 0 Å². The zero-order chi connectivity index (χ0) is 12.1. The van der Waals surface area contributed by atoms with Gasteiger partial charge in [-0.15, -0.1) is 0 Å². The molecule has 0 aliphatic rings. The number of hydrogen-bond acceptors (Lipinski definition) is 2. The monoisotopic (exact) mass is 218 g/mol.